The number of rotatable bonds is 8. The highest BCUT2D eigenvalue weighted by molar-refractivity contribution is 5.78. The van der Waals surface area contributed by atoms with E-state index in [0.717, 1.165) is 5.56 Å². The maximum atomic E-state index is 13.5. The molecule has 0 saturated carbocycles. The predicted octanol–water partition coefficient (Wildman–Crippen LogP) is 3.53. The second-order valence-corrected chi connectivity index (χ2v) is 8.43. The molecule has 0 bridgehead atoms. The SMILES string of the molecule is COc1cc([C@H](CC(=O)N[C@H](c2ccccc2)c2nccn2C)c2oc(C)cc(=O)c2O)ccc1O. The molecule has 0 radical (unpaired) electrons. The lowest BCUT2D eigenvalue weighted by atomic mass is 9.91. The maximum Gasteiger partial charge on any atom is 0.227 e. The van der Waals surface area contributed by atoms with Gasteiger partial charge in [0, 0.05) is 31.9 Å². The summed E-state index contributed by atoms with van der Waals surface area (Å²) in [6.45, 7) is 1.59. The van der Waals surface area contributed by atoms with Gasteiger partial charge in [-0.15, -0.1) is 0 Å². The van der Waals surface area contributed by atoms with E-state index in [9.17, 15) is 19.8 Å². The van der Waals surface area contributed by atoms with Crippen LogP contribution in [0.25, 0.3) is 0 Å². The van der Waals surface area contributed by atoms with E-state index in [-0.39, 0.29) is 29.6 Å². The number of imidazole rings is 1. The summed E-state index contributed by atoms with van der Waals surface area (Å²) in [5, 5.41) is 23.6. The Kier molecular flexibility index (Phi) is 7.10. The number of carbonyl (C=O) groups excluding carboxylic acids is 1. The first-order valence-corrected chi connectivity index (χ1v) is 11.3. The molecule has 0 saturated heterocycles. The van der Waals surface area contributed by atoms with Gasteiger partial charge in [-0.1, -0.05) is 36.4 Å². The number of carbonyl (C=O) groups is 1. The van der Waals surface area contributed by atoms with Crippen LogP contribution in [0.5, 0.6) is 17.2 Å². The normalized spacial score (nSPS) is 12.6. The highest BCUT2D eigenvalue weighted by atomic mass is 16.5. The summed E-state index contributed by atoms with van der Waals surface area (Å²) in [5.74, 6) is -0.801. The van der Waals surface area contributed by atoms with Crippen molar-refractivity contribution in [1.82, 2.24) is 14.9 Å². The fraction of sp³-hybridized carbons (Fsp3) is 0.222. The average molecular weight is 490 g/mol. The smallest absolute Gasteiger partial charge is 0.227 e. The van der Waals surface area contributed by atoms with Gasteiger partial charge in [-0.25, -0.2) is 4.98 Å². The first-order chi connectivity index (χ1) is 17.3. The number of phenolic OH excluding ortho intramolecular Hbond substituents is 1. The van der Waals surface area contributed by atoms with Gasteiger partial charge >= 0.3 is 0 Å². The van der Waals surface area contributed by atoms with Crippen LogP contribution < -0.4 is 15.5 Å². The van der Waals surface area contributed by atoms with Crippen LogP contribution in [-0.4, -0.2) is 32.8 Å². The topological polar surface area (TPSA) is 127 Å². The number of benzene rings is 2. The standard InChI is InChI=1S/C27H27N3O6/c1-16-13-21(32)25(34)26(36-16)19(18-9-10-20(31)22(14-18)35-3)15-23(33)29-24(17-7-5-4-6-8-17)27-28-11-12-30(27)2/h4-14,19,24,31,34H,15H2,1-3H3,(H,29,33)/t19-,24+/m0/s1. The number of aromatic nitrogens is 2. The number of ether oxygens (including phenoxy) is 1. The molecule has 0 aliphatic heterocycles. The van der Waals surface area contributed by atoms with Crippen LogP contribution in [0.3, 0.4) is 0 Å². The Labute approximate surface area is 207 Å². The first kappa shape index (κ1) is 24.6. The number of nitrogens with zero attached hydrogens (tertiary/aromatic N) is 2. The van der Waals surface area contributed by atoms with Crippen LogP contribution in [0.4, 0.5) is 0 Å². The van der Waals surface area contributed by atoms with Crippen molar-refractivity contribution in [3.8, 4) is 17.2 Å². The van der Waals surface area contributed by atoms with Crippen molar-refractivity contribution in [2.45, 2.75) is 25.3 Å². The Morgan fingerprint density at radius 1 is 1.14 bits per heavy atom. The highest BCUT2D eigenvalue weighted by Gasteiger charge is 2.29. The monoisotopic (exact) mass is 489 g/mol. The molecule has 1 amide bonds. The van der Waals surface area contributed by atoms with E-state index in [1.54, 1.807) is 31.5 Å². The van der Waals surface area contributed by atoms with Crippen LogP contribution in [-0.2, 0) is 11.8 Å². The van der Waals surface area contributed by atoms with Crippen LogP contribution in [0.2, 0.25) is 0 Å². The Morgan fingerprint density at radius 2 is 1.89 bits per heavy atom. The minimum atomic E-state index is -0.843. The number of amides is 1. The molecule has 2 aromatic heterocycles. The molecule has 0 fully saturated rings. The average Bonchev–Trinajstić information content (AvgIpc) is 3.29. The van der Waals surface area contributed by atoms with Crippen molar-refractivity contribution < 1.29 is 24.2 Å². The molecule has 2 heterocycles. The molecule has 9 nitrogen and oxygen atoms in total. The number of methoxy groups -OCH3 is 1. The van der Waals surface area contributed by atoms with Gasteiger partial charge in [-0.05, 0) is 30.2 Å². The maximum absolute atomic E-state index is 13.5. The largest absolute Gasteiger partial charge is 0.504 e. The fourth-order valence-corrected chi connectivity index (χ4v) is 4.14. The molecule has 36 heavy (non-hydrogen) atoms. The number of hydrogen-bond donors (Lipinski definition) is 3. The molecule has 4 rings (SSSR count). The van der Waals surface area contributed by atoms with Gasteiger partial charge in [-0.2, -0.15) is 0 Å². The van der Waals surface area contributed by atoms with Gasteiger partial charge < -0.3 is 29.3 Å². The molecule has 0 spiro atoms. The van der Waals surface area contributed by atoms with Crippen molar-refractivity contribution in [3.63, 3.8) is 0 Å². The third-order valence-electron chi connectivity index (χ3n) is 5.94. The van der Waals surface area contributed by atoms with Crippen molar-refractivity contribution in [3.05, 3.63) is 106 Å². The Hall–Kier alpha value is -4.53. The lowest BCUT2D eigenvalue weighted by molar-refractivity contribution is -0.122. The Balaban J connectivity index is 1.73. The van der Waals surface area contributed by atoms with Crippen LogP contribution in [0.1, 0.15) is 46.9 Å². The van der Waals surface area contributed by atoms with E-state index in [2.05, 4.69) is 10.3 Å². The lowest BCUT2D eigenvalue weighted by Gasteiger charge is -2.22. The summed E-state index contributed by atoms with van der Waals surface area (Å²) in [6.07, 6.45) is 3.28. The molecule has 3 N–H and O–H groups in total. The van der Waals surface area contributed by atoms with E-state index < -0.39 is 23.1 Å². The minimum absolute atomic E-state index is 0.0452. The Morgan fingerprint density at radius 3 is 2.56 bits per heavy atom. The quantitative estimate of drug-likeness (QED) is 0.346. The van der Waals surface area contributed by atoms with E-state index in [1.165, 1.54) is 19.2 Å². The zero-order valence-corrected chi connectivity index (χ0v) is 20.1. The van der Waals surface area contributed by atoms with Crippen molar-refractivity contribution in [1.29, 1.82) is 0 Å². The van der Waals surface area contributed by atoms with Crippen molar-refractivity contribution >= 4 is 5.91 Å². The van der Waals surface area contributed by atoms with Crippen molar-refractivity contribution in [2.75, 3.05) is 7.11 Å². The zero-order chi connectivity index (χ0) is 25.8. The molecule has 0 aliphatic rings. The Bertz CT molecular complexity index is 1430. The lowest BCUT2D eigenvalue weighted by Crippen LogP contribution is -2.32. The number of aromatic hydroxyl groups is 2. The second kappa shape index (κ2) is 10.4. The molecule has 4 aromatic rings. The molecule has 9 heteroatoms. The zero-order valence-electron chi connectivity index (χ0n) is 20.1. The molecule has 2 aromatic carbocycles. The molecular formula is C27H27N3O6. The summed E-state index contributed by atoms with van der Waals surface area (Å²) >= 11 is 0. The molecule has 186 valence electrons. The highest BCUT2D eigenvalue weighted by Crippen LogP contribution is 2.37. The predicted molar refractivity (Wildman–Crippen MR) is 132 cm³/mol. The van der Waals surface area contributed by atoms with Crippen molar-refractivity contribution in [2.24, 2.45) is 7.05 Å². The molecule has 0 unspecified atom stereocenters. The summed E-state index contributed by atoms with van der Waals surface area (Å²) in [4.78, 5) is 30.2. The van der Waals surface area contributed by atoms with E-state index in [0.29, 0.717) is 17.1 Å². The third kappa shape index (κ3) is 5.10. The van der Waals surface area contributed by atoms with Crippen LogP contribution in [0, 0.1) is 6.92 Å². The van der Waals surface area contributed by atoms with E-state index in [4.69, 9.17) is 9.15 Å². The number of nitrogens with one attached hydrogen (secondary N) is 1. The molecular weight excluding hydrogens is 462 g/mol. The summed E-state index contributed by atoms with van der Waals surface area (Å²) in [5.41, 5.74) is 0.741. The summed E-state index contributed by atoms with van der Waals surface area (Å²) in [7, 11) is 3.25. The summed E-state index contributed by atoms with van der Waals surface area (Å²) in [6, 6.07) is 14.6. The van der Waals surface area contributed by atoms with Gasteiger partial charge in [-0.3, -0.25) is 9.59 Å². The van der Waals surface area contributed by atoms with Crippen LogP contribution >= 0.6 is 0 Å². The number of hydrogen-bond acceptors (Lipinski definition) is 7. The number of phenols is 1. The first-order valence-electron chi connectivity index (χ1n) is 11.3. The van der Waals surface area contributed by atoms with Gasteiger partial charge in [0.25, 0.3) is 0 Å². The van der Waals surface area contributed by atoms with E-state index >= 15 is 0 Å². The second-order valence-electron chi connectivity index (χ2n) is 8.43. The van der Waals surface area contributed by atoms with Crippen LogP contribution in [0.15, 0.2) is 76.2 Å². The molecule has 2 atom stereocenters. The van der Waals surface area contributed by atoms with Gasteiger partial charge in [0.05, 0.1) is 13.0 Å². The van der Waals surface area contributed by atoms with E-state index in [1.807, 2.05) is 41.9 Å². The number of aryl methyl sites for hydroxylation is 2. The van der Waals surface area contributed by atoms with Gasteiger partial charge in [0.1, 0.15) is 17.6 Å². The minimum Gasteiger partial charge on any atom is -0.504 e. The van der Waals surface area contributed by atoms with Gasteiger partial charge in [0.2, 0.25) is 17.1 Å². The molecule has 0 aliphatic carbocycles. The van der Waals surface area contributed by atoms with Gasteiger partial charge in [0.15, 0.2) is 17.3 Å². The fourth-order valence-electron chi connectivity index (χ4n) is 4.14. The third-order valence-corrected chi connectivity index (χ3v) is 5.94. The summed E-state index contributed by atoms with van der Waals surface area (Å²) < 4.78 is 12.8.